The number of rotatable bonds is 5. The van der Waals surface area contributed by atoms with Gasteiger partial charge in [0.1, 0.15) is 22.3 Å². The number of benzene rings is 8. The molecule has 3 heterocycles. The molecule has 12 rings (SSSR count). The first-order chi connectivity index (χ1) is 29.0. The monoisotopic (exact) mass is 757 g/mol. The molecule has 0 saturated heterocycles. The second-order valence-corrected chi connectivity index (χ2v) is 16.0. The Morgan fingerprint density at radius 3 is 1.86 bits per heavy atom. The molecule has 1 aliphatic carbocycles. The van der Waals surface area contributed by atoms with Gasteiger partial charge in [0.2, 0.25) is 0 Å². The third-order valence-corrected chi connectivity index (χ3v) is 12.2. The van der Waals surface area contributed by atoms with Crippen molar-refractivity contribution < 1.29 is 8.83 Å². The molecule has 0 atom stereocenters. The largest absolute Gasteiger partial charge is 0.456 e. The maximum Gasteiger partial charge on any atom is 0.164 e. The fourth-order valence-corrected chi connectivity index (χ4v) is 9.26. The van der Waals surface area contributed by atoms with E-state index in [9.17, 15) is 0 Å². The maximum absolute atomic E-state index is 6.52. The summed E-state index contributed by atoms with van der Waals surface area (Å²) in [7, 11) is 0. The Morgan fingerprint density at radius 1 is 0.356 bits per heavy atom. The van der Waals surface area contributed by atoms with Crippen molar-refractivity contribution in [1.29, 1.82) is 0 Å². The zero-order chi connectivity index (χ0) is 39.2. The minimum Gasteiger partial charge on any atom is -0.456 e. The smallest absolute Gasteiger partial charge is 0.164 e. The van der Waals surface area contributed by atoms with Gasteiger partial charge in [-0.15, -0.1) is 0 Å². The van der Waals surface area contributed by atoms with Gasteiger partial charge in [0.25, 0.3) is 0 Å². The fourth-order valence-electron chi connectivity index (χ4n) is 9.26. The first kappa shape index (κ1) is 33.5. The normalized spacial score (nSPS) is 13.1. The van der Waals surface area contributed by atoms with Gasteiger partial charge >= 0.3 is 0 Å². The van der Waals surface area contributed by atoms with E-state index in [0.717, 1.165) is 71.7 Å². The SMILES string of the molecule is CC1(C)c2ccccc2-c2c(-c3cccc(-c4ccc5oc6cccc(-c7nc(-c8ccccc8)nc(-c8ccc9c(c8)oc8ccccc89)n7)c6c5c4)c3)cccc21. The number of aromatic nitrogens is 3. The quantitative estimate of drug-likeness (QED) is 0.175. The van der Waals surface area contributed by atoms with E-state index in [0.29, 0.717) is 17.5 Å². The van der Waals surface area contributed by atoms with Gasteiger partial charge in [0.05, 0.1) is 0 Å². The Morgan fingerprint density at radius 2 is 0.949 bits per heavy atom. The highest BCUT2D eigenvalue weighted by atomic mass is 16.3. The zero-order valence-electron chi connectivity index (χ0n) is 32.4. The van der Waals surface area contributed by atoms with Crippen molar-refractivity contribution in [3.05, 3.63) is 187 Å². The third kappa shape index (κ3) is 5.21. The van der Waals surface area contributed by atoms with Gasteiger partial charge in [0, 0.05) is 43.7 Å². The highest BCUT2D eigenvalue weighted by Crippen LogP contribution is 2.52. The number of nitrogens with zero attached hydrogens (tertiary/aromatic N) is 3. The van der Waals surface area contributed by atoms with Crippen LogP contribution in [0.3, 0.4) is 0 Å². The van der Waals surface area contributed by atoms with Crippen molar-refractivity contribution in [2.24, 2.45) is 0 Å². The molecule has 3 aromatic heterocycles. The van der Waals surface area contributed by atoms with Crippen LogP contribution >= 0.6 is 0 Å². The van der Waals surface area contributed by atoms with Crippen molar-refractivity contribution in [2.75, 3.05) is 0 Å². The van der Waals surface area contributed by atoms with Gasteiger partial charge < -0.3 is 8.83 Å². The van der Waals surface area contributed by atoms with Crippen molar-refractivity contribution in [1.82, 2.24) is 15.0 Å². The highest BCUT2D eigenvalue weighted by Gasteiger charge is 2.36. The molecule has 0 N–H and O–H groups in total. The molecule has 278 valence electrons. The van der Waals surface area contributed by atoms with E-state index in [-0.39, 0.29) is 5.41 Å². The Balaban J connectivity index is 1.01. The summed E-state index contributed by atoms with van der Waals surface area (Å²) >= 11 is 0. The van der Waals surface area contributed by atoms with Crippen LogP contribution < -0.4 is 0 Å². The number of hydrogen-bond donors (Lipinski definition) is 0. The molecule has 5 heteroatoms. The van der Waals surface area contributed by atoms with Crippen LogP contribution in [0.4, 0.5) is 0 Å². The average molecular weight is 758 g/mol. The van der Waals surface area contributed by atoms with Gasteiger partial charge in [0.15, 0.2) is 17.5 Å². The summed E-state index contributed by atoms with van der Waals surface area (Å²) in [4.78, 5) is 15.3. The van der Waals surface area contributed by atoms with Crippen molar-refractivity contribution >= 4 is 43.9 Å². The van der Waals surface area contributed by atoms with Crippen LogP contribution in [0, 0.1) is 0 Å². The Kier molecular flexibility index (Phi) is 7.20. The van der Waals surface area contributed by atoms with E-state index in [2.05, 4.69) is 123 Å². The molecule has 0 radical (unpaired) electrons. The summed E-state index contributed by atoms with van der Waals surface area (Å²) in [5, 5.41) is 4.10. The van der Waals surface area contributed by atoms with Crippen molar-refractivity contribution in [2.45, 2.75) is 19.3 Å². The van der Waals surface area contributed by atoms with E-state index in [4.69, 9.17) is 23.8 Å². The van der Waals surface area contributed by atoms with Gasteiger partial charge in [-0.05, 0) is 87.0 Å². The lowest BCUT2D eigenvalue weighted by molar-refractivity contribution is 0.660. The zero-order valence-corrected chi connectivity index (χ0v) is 32.4. The summed E-state index contributed by atoms with van der Waals surface area (Å²) in [5.41, 5.74) is 15.9. The van der Waals surface area contributed by atoms with E-state index >= 15 is 0 Å². The maximum atomic E-state index is 6.52. The number of furan rings is 2. The van der Waals surface area contributed by atoms with Crippen LogP contribution in [0.15, 0.2) is 185 Å². The Hall–Kier alpha value is -7.63. The van der Waals surface area contributed by atoms with Crippen molar-refractivity contribution in [3.63, 3.8) is 0 Å². The van der Waals surface area contributed by atoms with E-state index < -0.39 is 0 Å². The summed E-state index contributed by atoms with van der Waals surface area (Å²) in [6.45, 7) is 4.66. The molecule has 0 saturated carbocycles. The molecule has 0 spiro atoms. The molecule has 1 aliphatic rings. The first-order valence-electron chi connectivity index (χ1n) is 20.0. The second kappa shape index (κ2) is 12.7. The third-order valence-electron chi connectivity index (χ3n) is 12.2. The molecule has 0 fully saturated rings. The predicted octanol–water partition coefficient (Wildman–Crippen LogP) is 14.3. The number of hydrogen-bond acceptors (Lipinski definition) is 5. The summed E-state index contributed by atoms with van der Waals surface area (Å²) in [6.07, 6.45) is 0. The summed E-state index contributed by atoms with van der Waals surface area (Å²) < 4.78 is 12.8. The molecule has 8 aromatic carbocycles. The van der Waals surface area contributed by atoms with E-state index in [1.807, 2.05) is 66.7 Å². The van der Waals surface area contributed by atoms with Crippen LogP contribution in [0.1, 0.15) is 25.0 Å². The molecule has 59 heavy (non-hydrogen) atoms. The van der Waals surface area contributed by atoms with E-state index in [1.54, 1.807) is 0 Å². The summed E-state index contributed by atoms with van der Waals surface area (Å²) in [6, 6.07) is 61.4. The predicted molar refractivity (Wildman–Crippen MR) is 239 cm³/mol. The minimum absolute atomic E-state index is 0.0616. The second-order valence-electron chi connectivity index (χ2n) is 16.0. The molecule has 0 aliphatic heterocycles. The molecule has 0 amide bonds. The van der Waals surface area contributed by atoms with Gasteiger partial charge in [-0.1, -0.05) is 147 Å². The molecular formula is C54H35N3O2. The van der Waals surface area contributed by atoms with Crippen LogP contribution in [0.2, 0.25) is 0 Å². The van der Waals surface area contributed by atoms with Gasteiger partial charge in [-0.3, -0.25) is 0 Å². The lowest BCUT2D eigenvalue weighted by Gasteiger charge is -2.21. The number of para-hydroxylation sites is 1. The minimum atomic E-state index is -0.0616. The van der Waals surface area contributed by atoms with E-state index in [1.165, 1.54) is 33.4 Å². The lowest BCUT2D eigenvalue weighted by Crippen LogP contribution is -2.14. The molecule has 5 nitrogen and oxygen atoms in total. The summed E-state index contributed by atoms with van der Waals surface area (Å²) in [5.74, 6) is 1.73. The number of fused-ring (bicyclic) bond motifs is 9. The Bertz CT molecular complexity index is 3480. The van der Waals surface area contributed by atoms with Crippen LogP contribution in [0.25, 0.3) is 111 Å². The topological polar surface area (TPSA) is 65.0 Å². The molecule has 0 unspecified atom stereocenters. The molecule has 0 bridgehead atoms. The standard InChI is InChI=1S/C54H35N3O2/c1-54(2)43-21-8-6-18-40(43)49-37(19-11-22-44(49)54)35-16-10-15-33(29-35)34-26-28-46-42(30-34)50-41(20-12-24-47(50)58-46)53-56-51(32-13-4-3-5-14-32)55-52(57-53)36-25-27-39-38-17-7-9-23-45(38)59-48(39)31-36/h3-31H,1-2H3. The van der Waals surface area contributed by atoms with Crippen LogP contribution in [0.5, 0.6) is 0 Å². The van der Waals surface area contributed by atoms with Gasteiger partial charge in [-0.25, -0.2) is 15.0 Å². The lowest BCUT2D eigenvalue weighted by atomic mass is 9.82. The van der Waals surface area contributed by atoms with Crippen molar-refractivity contribution in [3.8, 4) is 67.5 Å². The highest BCUT2D eigenvalue weighted by molar-refractivity contribution is 6.13. The van der Waals surface area contributed by atoms with Crippen LogP contribution in [-0.4, -0.2) is 15.0 Å². The van der Waals surface area contributed by atoms with Gasteiger partial charge in [-0.2, -0.15) is 0 Å². The molecule has 11 aromatic rings. The fraction of sp³-hybridized carbons (Fsp3) is 0.0556. The van der Waals surface area contributed by atoms with Crippen LogP contribution in [-0.2, 0) is 5.41 Å². The first-order valence-corrected chi connectivity index (χ1v) is 20.0. The average Bonchev–Trinajstić information content (AvgIpc) is 3.93. The Labute approximate surface area is 340 Å². The molecular weight excluding hydrogens is 723 g/mol.